The Hall–Kier alpha value is -0.300. The van der Waals surface area contributed by atoms with Crippen LogP contribution in [0.3, 0.4) is 0 Å². The highest BCUT2D eigenvalue weighted by Gasteiger charge is 2.24. The molecule has 1 heteroatoms. The van der Waals surface area contributed by atoms with Crippen LogP contribution in [0.1, 0.15) is 19.3 Å². The zero-order chi connectivity index (χ0) is 9.45. The zero-order valence-electron chi connectivity index (χ0n) is 7.56. The minimum Gasteiger partial charge on any atom is -0.103 e. The van der Waals surface area contributed by atoms with E-state index >= 15 is 0 Å². The molecule has 0 amide bonds. The van der Waals surface area contributed by atoms with Gasteiger partial charge in [-0.15, -0.1) is 19.7 Å². The van der Waals surface area contributed by atoms with E-state index in [1.54, 1.807) is 0 Å². The van der Waals surface area contributed by atoms with Crippen LogP contribution in [-0.4, -0.2) is 5.33 Å². The molecule has 0 aliphatic carbocycles. The summed E-state index contributed by atoms with van der Waals surface area (Å²) in [4.78, 5) is 0. The summed E-state index contributed by atoms with van der Waals surface area (Å²) in [6.45, 7) is 11.3. The molecule has 0 aliphatic rings. The van der Waals surface area contributed by atoms with Gasteiger partial charge in [-0.1, -0.05) is 34.2 Å². The first kappa shape index (κ1) is 11.7. The zero-order valence-corrected chi connectivity index (χ0v) is 9.15. The number of hydrogen-bond acceptors (Lipinski definition) is 0. The molecule has 0 radical (unpaired) electrons. The molecular weight excluding hydrogens is 212 g/mol. The lowest BCUT2D eigenvalue weighted by Crippen LogP contribution is -2.20. The van der Waals surface area contributed by atoms with Gasteiger partial charge in [-0.2, -0.15) is 0 Å². The molecule has 0 spiro atoms. The third-order valence-corrected chi connectivity index (χ3v) is 3.21. The van der Waals surface area contributed by atoms with Gasteiger partial charge < -0.3 is 0 Å². The molecule has 12 heavy (non-hydrogen) atoms. The molecule has 0 N–H and O–H groups in total. The van der Waals surface area contributed by atoms with E-state index in [4.69, 9.17) is 0 Å². The maximum Gasteiger partial charge on any atom is 0.00968 e. The Kier molecular flexibility index (Phi) is 6.09. The Balaban J connectivity index is 4.35. The van der Waals surface area contributed by atoms with Crippen LogP contribution in [0, 0.1) is 5.41 Å². The SMILES string of the molecule is C=CCC(CBr)(CC=C)CC=C. The topological polar surface area (TPSA) is 0 Å². The lowest BCUT2D eigenvalue weighted by Gasteiger charge is -2.28. The first-order valence-electron chi connectivity index (χ1n) is 4.13. The molecule has 0 saturated carbocycles. The average Bonchev–Trinajstić information content (AvgIpc) is 2.06. The summed E-state index contributed by atoms with van der Waals surface area (Å²) in [7, 11) is 0. The third kappa shape index (κ3) is 3.40. The molecule has 68 valence electrons. The molecule has 0 atom stereocenters. The molecule has 0 aromatic carbocycles. The first-order valence-corrected chi connectivity index (χ1v) is 5.25. The van der Waals surface area contributed by atoms with Crippen molar-refractivity contribution >= 4 is 15.9 Å². The van der Waals surface area contributed by atoms with Crippen molar-refractivity contribution in [2.45, 2.75) is 19.3 Å². The maximum atomic E-state index is 3.77. The summed E-state index contributed by atoms with van der Waals surface area (Å²) < 4.78 is 0. The van der Waals surface area contributed by atoms with Gasteiger partial charge in [0.1, 0.15) is 0 Å². The fourth-order valence-electron chi connectivity index (χ4n) is 1.33. The van der Waals surface area contributed by atoms with Gasteiger partial charge in [0.25, 0.3) is 0 Å². The smallest absolute Gasteiger partial charge is 0.00968 e. The lowest BCUT2D eigenvalue weighted by atomic mass is 9.80. The quantitative estimate of drug-likeness (QED) is 0.455. The van der Waals surface area contributed by atoms with Crippen LogP contribution in [0.5, 0.6) is 0 Å². The standard InChI is InChI=1S/C11H17Br/c1-4-7-11(10-12,8-5-2)9-6-3/h4-6H,1-3,7-10H2. The molecule has 0 nitrogen and oxygen atoms in total. The Bertz CT molecular complexity index is 132. The van der Waals surface area contributed by atoms with Gasteiger partial charge in [-0.05, 0) is 24.7 Å². The molecule has 0 saturated heterocycles. The lowest BCUT2D eigenvalue weighted by molar-refractivity contribution is 0.350. The molecule has 0 bridgehead atoms. The average molecular weight is 229 g/mol. The Morgan fingerprint density at radius 2 is 1.25 bits per heavy atom. The summed E-state index contributed by atoms with van der Waals surface area (Å²) in [6, 6.07) is 0. The second-order valence-electron chi connectivity index (χ2n) is 3.11. The van der Waals surface area contributed by atoms with E-state index in [-0.39, 0.29) is 5.41 Å². The Morgan fingerprint density at radius 3 is 1.42 bits per heavy atom. The normalized spacial score (nSPS) is 10.8. The summed E-state index contributed by atoms with van der Waals surface area (Å²) >= 11 is 3.53. The highest BCUT2D eigenvalue weighted by molar-refractivity contribution is 9.09. The molecule has 0 aromatic heterocycles. The van der Waals surface area contributed by atoms with Crippen LogP contribution < -0.4 is 0 Å². The Labute approximate surface area is 84.2 Å². The van der Waals surface area contributed by atoms with Crippen LogP contribution in [0.2, 0.25) is 0 Å². The van der Waals surface area contributed by atoms with Gasteiger partial charge in [0.15, 0.2) is 0 Å². The first-order chi connectivity index (χ1) is 5.74. The van der Waals surface area contributed by atoms with E-state index < -0.39 is 0 Å². The van der Waals surface area contributed by atoms with Crippen molar-refractivity contribution in [3.05, 3.63) is 38.0 Å². The van der Waals surface area contributed by atoms with E-state index in [0.717, 1.165) is 24.6 Å². The van der Waals surface area contributed by atoms with Crippen molar-refractivity contribution in [2.75, 3.05) is 5.33 Å². The fraction of sp³-hybridized carbons (Fsp3) is 0.455. The van der Waals surface area contributed by atoms with Crippen LogP contribution in [0.4, 0.5) is 0 Å². The molecule has 0 heterocycles. The van der Waals surface area contributed by atoms with Crippen molar-refractivity contribution in [3.63, 3.8) is 0 Å². The number of hydrogen-bond donors (Lipinski definition) is 0. The van der Waals surface area contributed by atoms with Crippen molar-refractivity contribution in [1.82, 2.24) is 0 Å². The molecular formula is C11H17Br. The highest BCUT2D eigenvalue weighted by Crippen LogP contribution is 2.34. The monoisotopic (exact) mass is 228 g/mol. The third-order valence-electron chi connectivity index (χ3n) is 2.02. The molecule has 0 rings (SSSR count). The molecule has 0 aromatic rings. The molecule has 0 fully saturated rings. The van der Waals surface area contributed by atoms with Crippen molar-refractivity contribution < 1.29 is 0 Å². The van der Waals surface area contributed by atoms with Gasteiger partial charge in [0.2, 0.25) is 0 Å². The van der Waals surface area contributed by atoms with E-state index in [9.17, 15) is 0 Å². The van der Waals surface area contributed by atoms with E-state index in [1.807, 2.05) is 18.2 Å². The predicted molar refractivity (Wildman–Crippen MR) is 60.7 cm³/mol. The highest BCUT2D eigenvalue weighted by atomic mass is 79.9. The number of halogens is 1. The predicted octanol–water partition coefficient (Wildman–Crippen LogP) is 4.10. The van der Waals surface area contributed by atoms with Crippen LogP contribution in [0.25, 0.3) is 0 Å². The van der Waals surface area contributed by atoms with Crippen LogP contribution in [-0.2, 0) is 0 Å². The van der Waals surface area contributed by atoms with Gasteiger partial charge in [-0.3, -0.25) is 0 Å². The fourth-order valence-corrected chi connectivity index (χ4v) is 2.02. The van der Waals surface area contributed by atoms with E-state index in [2.05, 4.69) is 35.7 Å². The van der Waals surface area contributed by atoms with E-state index in [1.165, 1.54) is 0 Å². The van der Waals surface area contributed by atoms with Crippen molar-refractivity contribution in [1.29, 1.82) is 0 Å². The second-order valence-corrected chi connectivity index (χ2v) is 3.67. The minimum absolute atomic E-state index is 0.255. The van der Waals surface area contributed by atoms with Gasteiger partial charge in [0, 0.05) is 5.33 Å². The molecule has 0 aliphatic heterocycles. The van der Waals surface area contributed by atoms with Gasteiger partial charge in [-0.25, -0.2) is 0 Å². The van der Waals surface area contributed by atoms with Crippen molar-refractivity contribution in [3.8, 4) is 0 Å². The largest absolute Gasteiger partial charge is 0.103 e. The Morgan fingerprint density at radius 1 is 0.917 bits per heavy atom. The second kappa shape index (κ2) is 6.24. The van der Waals surface area contributed by atoms with Crippen LogP contribution in [0.15, 0.2) is 38.0 Å². The maximum absolute atomic E-state index is 3.77. The van der Waals surface area contributed by atoms with Gasteiger partial charge in [0.05, 0.1) is 0 Å². The number of alkyl halides is 1. The van der Waals surface area contributed by atoms with Crippen molar-refractivity contribution in [2.24, 2.45) is 5.41 Å². The summed E-state index contributed by atoms with van der Waals surface area (Å²) in [5, 5.41) is 0.976. The summed E-state index contributed by atoms with van der Waals surface area (Å²) in [5.41, 5.74) is 0.255. The summed E-state index contributed by atoms with van der Waals surface area (Å²) in [6.07, 6.45) is 8.93. The van der Waals surface area contributed by atoms with Gasteiger partial charge >= 0.3 is 0 Å². The minimum atomic E-state index is 0.255. The summed E-state index contributed by atoms with van der Waals surface area (Å²) in [5.74, 6) is 0. The van der Waals surface area contributed by atoms with E-state index in [0.29, 0.717) is 0 Å². The van der Waals surface area contributed by atoms with Crippen LogP contribution >= 0.6 is 15.9 Å². The molecule has 0 unspecified atom stereocenters. The number of rotatable bonds is 7. The number of allylic oxidation sites excluding steroid dienone is 3.